The Balaban J connectivity index is 0. The molecule has 0 unspecified atom stereocenters. The van der Waals surface area contributed by atoms with Crippen LogP contribution in [0.2, 0.25) is 0 Å². The van der Waals surface area contributed by atoms with Crippen LogP contribution < -0.4 is 68.6 Å². The number of carbonyl (C=O) groups excluding carboxylic acids is 1. The van der Waals surface area contributed by atoms with E-state index in [0.717, 1.165) is 19.2 Å². The maximum Gasteiger partial charge on any atom is 1.00 e. The van der Waals surface area contributed by atoms with E-state index in [4.69, 9.17) is 22.1 Å². The van der Waals surface area contributed by atoms with Crippen molar-refractivity contribution >= 4 is 26.5 Å². The molecule has 2 rings (SSSR count). The molecule has 0 amide bonds. The third-order valence-electron chi connectivity index (χ3n) is 3.20. The van der Waals surface area contributed by atoms with E-state index in [0.29, 0.717) is 0 Å². The topological polar surface area (TPSA) is 184 Å². The molecule has 0 spiro atoms. The van der Waals surface area contributed by atoms with E-state index in [1.165, 1.54) is 19.2 Å². The fourth-order valence-corrected chi connectivity index (χ4v) is 2.73. The third-order valence-corrected chi connectivity index (χ3v) is 4.06. The molecule has 2 aromatic rings. The largest absolute Gasteiger partial charge is 1.00 e. The van der Waals surface area contributed by atoms with Gasteiger partial charge in [-0.05, 0) is 17.7 Å². The maximum absolute atomic E-state index is 12.5. The molecule has 0 aliphatic rings. The van der Waals surface area contributed by atoms with Gasteiger partial charge in [0.2, 0.25) is 0 Å². The average molecular weight is 478 g/mol. The van der Waals surface area contributed by atoms with Gasteiger partial charge in [-0.2, -0.15) is 12.1 Å². The first kappa shape index (κ1) is 31.0. The number of ether oxygens (including phenoxy) is 2. The maximum atomic E-state index is 12.5. The minimum Gasteiger partial charge on any atom is -0.744 e. The molecule has 0 saturated heterocycles. The van der Waals surface area contributed by atoms with Crippen LogP contribution in [0, 0.1) is 6.07 Å². The van der Waals surface area contributed by atoms with Gasteiger partial charge in [-0.15, -0.1) is 18.7 Å². The molecule has 0 atom stereocenters. The Morgan fingerprint density at radius 2 is 1.50 bits per heavy atom. The van der Waals surface area contributed by atoms with E-state index in [2.05, 4.69) is 6.07 Å². The van der Waals surface area contributed by atoms with Gasteiger partial charge in [0.25, 0.3) is 0 Å². The summed E-state index contributed by atoms with van der Waals surface area (Å²) in [6.45, 7) is 0. The van der Waals surface area contributed by atoms with Crippen LogP contribution in [-0.2, 0) is 20.7 Å². The summed E-state index contributed by atoms with van der Waals surface area (Å²) in [4.78, 5) is 11.7. The van der Waals surface area contributed by atoms with Crippen molar-refractivity contribution in [2.75, 3.05) is 14.2 Å². The molecule has 0 bridgehead atoms. The molecule has 0 aromatic heterocycles. The molecule has 0 aliphatic heterocycles. The first-order valence-corrected chi connectivity index (χ1v) is 9.31. The predicted octanol–water partition coefficient (Wildman–Crippen LogP) is -5.95. The monoisotopic (exact) mass is 478 g/mol. The zero-order valence-electron chi connectivity index (χ0n) is 16.2. The minimum atomic E-state index is -4.91. The van der Waals surface area contributed by atoms with Gasteiger partial charge in [-0.3, -0.25) is 4.79 Å². The Morgan fingerprint density at radius 1 is 1.00 bits per heavy atom. The Kier molecular flexibility index (Phi) is 13.8. The van der Waals surface area contributed by atoms with Crippen LogP contribution in [0.3, 0.4) is 0 Å². The van der Waals surface area contributed by atoms with Crippen molar-refractivity contribution in [3.8, 4) is 23.0 Å². The second kappa shape index (κ2) is 13.3. The van der Waals surface area contributed by atoms with Crippen molar-refractivity contribution in [2.24, 2.45) is 0 Å². The van der Waals surface area contributed by atoms with E-state index in [1.54, 1.807) is 0 Å². The number of methoxy groups -OCH3 is 2. The van der Waals surface area contributed by atoms with Crippen molar-refractivity contribution < 1.29 is 109 Å². The number of phenolic OH excluding ortho intramolecular Hbond substituents is 2. The summed E-state index contributed by atoms with van der Waals surface area (Å²) in [5.74, 6) is -2.88. The van der Waals surface area contributed by atoms with Crippen LogP contribution in [0.25, 0.3) is 0 Å². The van der Waals surface area contributed by atoms with Crippen molar-refractivity contribution in [2.45, 2.75) is 4.90 Å². The predicted molar refractivity (Wildman–Crippen MR) is 89.2 cm³/mol. The number of phenols is 2. The van der Waals surface area contributed by atoms with Gasteiger partial charge in [0.05, 0.1) is 25.5 Å². The van der Waals surface area contributed by atoms with Crippen LogP contribution in [0.4, 0.5) is 0 Å². The zero-order valence-corrected chi connectivity index (χ0v) is 21.8. The van der Waals surface area contributed by atoms with E-state index in [9.17, 15) is 28.0 Å². The molecule has 15 heteroatoms. The zero-order chi connectivity index (χ0) is 21.6. The third kappa shape index (κ3) is 7.83. The van der Waals surface area contributed by atoms with Gasteiger partial charge < -0.3 is 24.2 Å². The van der Waals surface area contributed by atoms with Crippen molar-refractivity contribution in [1.29, 1.82) is 0 Å². The number of hydrogen-bond donors (Lipinski definition) is 2. The Bertz CT molecular complexity index is 1110. The van der Waals surface area contributed by atoms with Crippen LogP contribution in [0.5, 0.6) is 23.0 Å². The molecular formula is C15H12Na2O11S2. The number of carbonyl (C=O) groups is 1. The molecule has 2 aromatic carbocycles. The Hall–Kier alpha value is -1.16. The van der Waals surface area contributed by atoms with Gasteiger partial charge >= 0.3 is 69.7 Å². The van der Waals surface area contributed by atoms with Crippen molar-refractivity contribution in [1.82, 2.24) is 0 Å². The standard InChI is InChI=1S/C15H13O8S.2Na.O3S/c1-22-10-5-3-4-8(13(10)17)12(16)9-6-7-11(24(19,20)21)15(23-2)14(9)18;;;1-4(2)3/h3-4,6-7,17-18H,1-2H3,(H,19,20,21);;;/q-1;2*+1;/p-1. The molecule has 152 valence electrons. The first-order valence-electron chi connectivity index (χ1n) is 6.90. The Labute approximate surface area is 217 Å². The van der Waals surface area contributed by atoms with Crippen molar-refractivity contribution in [3.63, 3.8) is 0 Å². The summed E-state index contributed by atoms with van der Waals surface area (Å²) in [5.41, 5.74) is -0.566. The summed E-state index contributed by atoms with van der Waals surface area (Å²) in [5, 5.41) is 20.1. The normalized spacial score (nSPS) is 9.70. The number of aromatic hydroxyl groups is 2. The molecule has 0 saturated carbocycles. The second-order valence-electron chi connectivity index (χ2n) is 4.75. The van der Waals surface area contributed by atoms with E-state index in [1.807, 2.05) is 0 Å². The fraction of sp³-hybridized carbons (Fsp3) is 0.133. The van der Waals surface area contributed by atoms with Crippen molar-refractivity contribution in [3.05, 3.63) is 41.5 Å². The number of ketones is 1. The average Bonchev–Trinajstić information content (AvgIpc) is 2.59. The van der Waals surface area contributed by atoms with Gasteiger partial charge in [-0.25, -0.2) is 8.42 Å². The molecule has 2 N–H and O–H groups in total. The number of hydrogen-bond acceptors (Lipinski definition) is 11. The number of rotatable bonds is 5. The SMILES string of the molecule is COc1[c-]ccc(C(=O)c2ccc(S(=O)(=O)[O-])c(OC)c2O)c1O.O=S(=O)=O.[Na+].[Na+]. The van der Waals surface area contributed by atoms with Crippen LogP contribution in [-0.4, -0.2) is 55.8 Å². The fourth-order valence-electron chi connectivity index (χ4n) is 2.08. The summed E-state index contributed by atoms with van der Waals surface area (Å²) in [6.07, 6.45) is 0. The molecule has 0 fully saturated rings. The molecule has 0 heterocycles. The van der Waals surface area contributed by atoms with Crippen LogP contribution >= 0.6 is 0 Å². The van der Waals surface area contributed by atoms with E-state index < -0.39 is 48.7 Å². The molecule has 30 heavy (non-hydrogen) atoms. The summed E-state index contributed by atoms with van der Waals surface area (Å²) < 4.78 is 68.4. The van der Waals surface area contributed by atoms with E-state index in [-0.39, 0.29) is 76.0 Å². The van der Waals surface area contributed by atoms with Gasteiger partial charge in [0.1, 0.15) is 15.0 Å². The summed E-state index contributed by atoms with van der Waals surface area (Å²) in [6, 6.07) is 6.93. The molecule has 0 aliphatic carbocycles. The van der Waals surface area contributed by atoms with Gasteiger partial charge in [0.15, 0.2) is 17.3 Å². The molecular weight excluding hydrogens is 466 g/mol. The summed E-state index contributed by atoms with van der Waals surface area (Å²) >= 11 is 0. The number of benzene rings is 2. The van der Waals surface area contributed by atoms with Gasteiger partial charge in [0, 0.05) is 5.75 Å². The molecule has 0 radical (unpaired) electrons. The Morgan fingerprint density at radius 3 is 1.93 bits per heavy atom. The summed E-state index contributed by atoms with van der Waals surface area (Å²) in [7, 11) is -5.72. The van der Waals surface area contributed by atoms with Crippen LogP contribution in [0.1, 0.15) is 15.9 Å². The van der Waals surface area contributed by atoms with E-state index >= 15 is 0 Å². The van der Waals surface area contributed by atoms with Gasteiger partial charge in [-0.1, -0.05) is 0 Å². The minimum absolute atomic E-state index is 0. The molecule has 11 nitrogen and oxygen atoms in total. The van der Waals surface area contributed by atoms with Crippen LogP contribution in [0.15, 0.2) is 29.2 Å². The smallest absolute Gasteiger partial charge is 0.744 e. The first-order chi connectivity index (χ1) is 12.9. The second-order valence-corrected chi connectivity index (χ2v) is 6.51. The quantitative estimate of drug-likeness (QED) is 0.180.